The van der Waals surface area contributed by atoms with Gasteiger partial charge in [0.05, 0.1) is 17.3 Å². The third-order valence-corrected chi connectivity index (χ3v) is 4.60. The maximum absolute atomic E-state index is 5.99. The highest BCUT2D eigenvalue weighted by Crippen LogP contribution is 2.27. The molecule has 0 aliphatic carbocycles. The summed E-state index contributed by atoms with van der Waals surface area (Å²) < 4.78 is 7.02. The fourth-order valence-electron chi connectivity index (χ4n) is 2.24. The first-order valence-corrected chi connectivity index (χ1v) is 8.41. The normalized spacial score (nSPS) is 11.2. The van der Waals surface area contributed by atoms with E-state index in [0.29, 0.717) is 22.5 Å². The standard InChI is InChI=1S/C15H11ClN6OS/c1-22-14-11(6-19-22)15(18-8-17-14)24-7-12-20-13(21-23-12)9-3-2-4-10(16)5-9/h2-6,8H,7H2,1H3. The number of nitrogens with zero attached hydrogens (tertiary/aromatic N) is 6. The summed E-state index contributed by atoms with van der Waals surface area (Å²) in [5.74, 6) is 1.54. The SMILES string of the molecule is Cn1ncc2c(SCc3nc(-c4cccc(Cl)c4)no3)ncnc21. The number of benzene rings is 1. The van der Waals surface area contributed by atoms with Crippen molar-refractivity contribution in [3.63, 3.8) is 0 Å². The summed E-state index contributed by atoms with van der Waals surface area (Å²) in [5, 5.41) is 10.6. The van der Waals surface area contributed by atoms with E-state index in [1.165, 1.54) is 18.1 Å². The first kappa shape index (κ1) is 15.1. The van der Waals surface area contributed by atoms with E-state index >= 15 is 0 Å². The van der Waals surface area contributed by atoms with E-state index in [1.54, 1.807) is 23.0 Å². The Morgan fingerprint density at radius 2 is 2.21 bits per heavy atom. The Bertz CT molecular complexity index is 1010. The van der Waals surface area contributed by atoms with Crippen molar-refractivity contribution in [3.8, 4) is 11.4 Å². The number of hydrogen-bond donors (Lipinski definition) is 0. The van der Waals surface area contributed by atoms with E-state index in [2.05, 4.69) is 25.2 Å². The molecule has 0 saturated heterocycles. The largest absolute Gasteiger partial charge is 0.338 e. The van der Waals surface area contributed by atoms with Crippen LogP contribution in [0.3, 0.4) is 0 Å². The van der Waals surface area contributed by atoms with Gasteiger partial charge in [0.2, 0.25) is 11.7 Å². The van der Waals surface area contributed by atoms with Crippen molar-refractivity contribution in [2.45, 2.75) is 10.8 Å². The van der Waals surface area contributed by atoms with Crippen LogP contribution in [0, 0.1) is 0 Å². The van der Waals surface area contributed by atoms with Crippen LogP contribution in [0.2, 0.25) is 5.02 Å². The zero-order valence-electron chi connectivity index (χ0n) is 12.5. The van der Waals surface area contributed by atoms with Gasteiger partial charge in [0.15, 0.2) is 5.65 Å². The van der Waals surface area contributed by atoms with E-state index in [-0.39, 0.29) is 0 Å². The molecule has 120 valence electrons. The molecule has 4 aromatic rings. The monoisotopic (exact) mass is 358 g/mol. The Morgan fingerprint density at radius 3 is 3.08 bits per heavy atom. The Hall–Kier alpha value is -2.45. The summed E-state index contributed by atoms with van der Waals surface area (Å²) >= 11 is 7.49. The van der Waals surface area contributed by atoms with E-state index in [4.69, 9.17) is 16.1 Å². The Kier molecular flexibility index (Phi) is 3.91. The minimum absolute atomic E-state index is 0.509. The zero-order valence-corrected chi connectivity index (χ0v) is 14.1. The Balaban J connectivity index is 1.54. The van der Waals surface area contributed by atoms with Gasteiger partial charge in [-0.15, -0.1) is 0 Å². The quantitative estimate of drug-likeness (QED) is 0.408. The lowest BCUT2D eigenvalue weighted by Crippen LogP contribution is -1.93. The minimum atomic E-state index is 0.509. The van der Waals surface area contributed by atoms with E-state index < -0.39 is 0 Å². The second-order valence-corrected chi connectivity index (χ2v) is 6.40. The van der Waals surface area contributed by atoms with Gasteiger partial charge in [0.25, 0.3) is 0 Å². The number of aromatic nitrogens is 6. The molecule has 0 spiro atoms. The molecule has 0 bridgehead atoms. The number of aryl methyl sites for hydroxylation is 1. The van der Waals surface area contributed by atoms with E-state index in [1.807, 2.05) is 19.2 Å². The maximum Gasteiger partial charge on any atom is 0.237 e. The number of thioether (sulfide) groups is 1. The van der Waals surface area contributed by atoms with Crippen LogP contribution in [-0.4, -0.2) is 29.9 Å². The van der Waals surface area contributed by atoms with Crippen molar-refractivity contribution in [3.05, 3.63) is 47.7 Å². The van der Waals surface area contributed by atoms with Gasteiger partial charge in [-0.25, -0.2) is 9.97 Å². The molecule has 9 heteroatoms. The molecular weight excluding hydrogens is 348 g/mol. The highest BCUT2D eigenvalue weighted by atomic mass is 35.5. The topological polar surface area (TPSA) is 82.5 Å². The molecule has 7 nitrogen and oxygen atoms in total. The van der Waals surface area contributed by atoms with Gasteiger partial charge in [-0.2, -0.15) is 10.1 Å². The van der Waals surface area contributed by atoms with E-state index in [9.17, 15) is 0 Å². The van der Waals surface area contributed by atoms with E-state index in [0.717, 1.165) is 21.6 Å². The van der Waals surface area contributed by atoms with Crippen LogP contribution in [0.5, 0.6) is 0 Å². The molecule has 0 radical (unpaired) electrons. The molecule has 3 aromatic heterocycles. The first-order valence-electron chi connectivity index (χ1n) is 7.05. The number of rotatable bonds is 4. The number of halogens is 1. The van der Waals surface area contributed by atoms with Gasteiger partial charge in [-0.05, 0) is 12.1 Å². The minimum Gasteiger partial charge on any atom is -0.338 e. The molecule has 4 rings (SSSR count). The molecule has 0 unspecified atom stereocenters. The predicted octanol–water partition coefficient (Wildman–Crippen LogP) is 3.36. The summed E-state index contributed by atoms with van der Waals surface area (Å²) in [6.45, 7) is 0. The average molecular weight is 359 g/mol. The molecule has 0 saturated carbocycles. The summed E-state index contributed by atoms with van der Waals surface area (Å²) in [7, 11) is 1.85. The molecule has 0 N–H and O–H groups in total. The summed E-state index contributed by atoms with van der Waals surface area (Å²) in [4.78, 5) is 12.9. The molecule has 0 fully saturated rings. The van der Waals surface area contributed by atoms with Crippen LogP contribution in [0.25, 0.3) is 22.4 Å². The van der Waals surface area contributed by atoms with Crippen molar-refractivity contribution in [1.82, 2.24) is 29.9 Å². The van der Waals surface area contributed by atoms with Crippen molar-refractivity contribution < 1.29 is 4.52 Å². The summed E-state index contributed by atoms with van der Waals surface area (Å²) in [6.07, 6.45) is 3.28. The fourth-order valence-corrected chi connectivity index (χ4v) is 3.23. The molecular formula is C15H11ClN6OS. The van der Waals surface area contributed by atoms with Crippen molar-refractivity contribution >= 4 is 34.4 Å². The van der Waals surface area contributed by atoms with Crippen molar-refractivity contribution in [1.29, 1.82) is 0 Å². The molecule has 0 amide bonds. The lowest BCUT2D eigenvalue weighted by atomic mass is 10.2. The third kappa shape index (κ3) is 2.85. The molecule has 3 heterocycles. The molecule has 24 heavy (non-hydrogen) atoms. The number of hydrogen-bond acceptors (Lipinski definition) is 7. The second-order valence-electron chi connectivity index (χ2n) is 5.00. The Morgan fingerprint density at radius 1 is 1.29 bits per heavy atom. The molecule has 0 aliphatic heterocycles. The fraction of sp³-hybridized carbons (Fsp3) is 0.133. The lowest BCUT2D eigenvalue weighted by molar-refractivity contribution is 0.391. The van der Waals surface area contributed by atoms with Crippen LogP contribution in [-0.2, 0) is 12.8 Å². The van der Waals surface area contributed by atoms with Gasteiger partial charge in [0.1, 0.15) is 11.4 Å². The summed E-state index contributed by atoms with van der Waals surface area (Å²) in [6, 6.07) is 7.34. The van der Waals surface area contributed by atoms with Crippen molar-refractivity contribution in [2.24, 2.45) is 7.05 Å². The average Bonchev–Trinajstić information content (AvgIpc) is 3.21. The Labute approximate surface area is 146 Å². The third-order valence-electron chi connectivity index (χ3n) is 3.38. The van der Waals surface area contributed by atoms with Crippen molar-refractivity contribution in [2.75, 3.05) is 0 Å². The van der Waals surface area contributed by atoms with Gasteiger partial charge < -0.3 is 4.52 Å². The van der Waals surface area contributed by atoms with Gasteiger partial charge in [-0.3, -0.25) is 4.68 Å². The highest BCUT2D eigenvalue weighted by molar-refractivity contribution is 7.98. The van der Waals surface area contributed by atoms with Crippen LogP contribution in [0.1, 0.15) is 5.89 Å². The predicted molar refractivity (Wildman–Crippen MR) is 90.6 cm³/mol. The number of fused-ring (bicyclic) bond motifs is 1. The molecule has 0 aliphatic rings. The van der Waals surface area contributed by atoms with Gasteiger partial charge in [0, 0.05) is 17.6 Å². The van der Waals surface area contributed by atoms with Crippen LogP contribution in [0.4, 0.5) is 0 Å². The van der Waals surface area contributed by atoms with Crippen LogP contribution < -0.4 is 0 Å². The second kappa shape index (κ2) is 6.21. The smallest absolute Gasteiger partial charge is 0.237 e. The zero-order chi connectivity index (χ0) is 16.5. The van der Waals surface area contributed by atoms with Crippen LogP contribution in [0.15, 0.2) is 46.3 Å². The van der Waals surface area contributed by atoms with Gasteiger partial charge >= 0.3 is 0 Å². The molecule has 0 atom stereocenters. The summed E-state index contributed by atoms with van der Waals surface area (Å²) in [5.41, 5.74) is 1.61. The maximum atomic E-state index is 5.99. The lowest BCUT2D eigenvalue weighted by Gasteiger charge is -1.99. The van der Waals surface area contributed by atoms with Gasteiger partial charge in [-0.1, -0.05) is 40.7 Å². The molecule has 1 aromatic carbocycles. The highest BCUT2D eigenvalue weighted by Gasteiger charge is 2.12. The van der Waals surface area contributed by atoms with Crippen LogP contribution >= 0.6 is 23.4 Å². The first-order chi connectivity index (χ1) is 11.7.